The van der Waals surface area contributed by atoms with Crippen molar-refractivity contribution in [1.29, 1.82) is 0 Å². The minimum Gasteiger partial charge on any atom is -0.484 e. The number of thiazole rings is 1. The third-order valence-corrected chi connectivity index (χ3v) is 7.00. The smallest absolute Gasteiger partial charge is 0.187 e. The Hall–Kier alpha value is -1.67. The molecule has 4 nitrogen and oxygen atoms in total. The summed E-state index contributed by atoms with van der Waals surface area (Å²) in [5.74, 6) is -1.29. The van der Waals surface area contributed by atoms with Crippen LogP contribution >= 0.6 is 34.5 Å². The molecule has 9 heteroatoms. The van der Waals surface area contributed by atoms with Crippen molar-refractivity contribution in [3.63, 3.8) is 0 Å². The molecule has 1 atom stereocenters. The summed E-state index contributed by atoms with van der Waals surface area (Å²) in [6.45, 7) is 1.74. The van der Waals surface area contributed by atoms with E-state index in [1.165, 1.54) is 17.5 Å². The van der Waals surface area contributed by atoms with E-state index in [1.807, 2.05) is 0 Å². The molecule has 2 aromatic carbocycles. The Morgan fingerprint density at radius 3 is 2.63 bits per heavy atom. The van der Waals surface area contributed by atoms with Crippen LogP contribution in [0.25, 0.3) is 0 Å². The Kier molecular flexibility index (Phi) is 6.05. The molecule has 0 aliphatic carbocycles. The van der Waals surface area contributed by atoms with Gasteiger partial charge in [-0.25, -0.2) is 17.8 Å². The molecule has 0 saturated carbocycles. The highest BCUT2D eigenvalue weighted by molar-refractivity contribution is 7.90. The summed E-state index contributed by atoms with van der Waals surface area (Å²) in [5, 5.41) is 2.52. The van der Waals surface area contributed by atoms with Crippen LogP contribution in [0.3, 0.4) is 0 Å². The Balaban J connectivity index is 1.88. The van der Waals surface area contributed by atoms with Crippen LogP contribution in [0.1, 0.15) is 23.6 Å². The van der Waals surface area contributed by atoms with Crippen LogP contribution < -0.4 is 4.74 Å². The molecule has 0 aliphatic rings. The lowest BCUT2D eigenvalue weighted by atomic mass is 10.1. The fraction of sp³-hybridized carbons (Fsp3) is 0.167. The normalized spacial score (nSPS) is 12.7. The topological polar surface area (TPSA) is 56.3 Å². The Labute approximate surface area is 170 Å². The highest BCUT2D eigenvalue weighted by Gasteiger charge is 2.24. The van der Waals surface area contributed by atoms with Crippen molar-refractivity contribution >= 4 is 44.4 Å². The molecule has 3 aromatic rings. The minimum atomic E-state index is -3.93. The first kappa shape index (κ1) is 20.1. The molecular formula is C18H14Cl2FNO3S2. The lowest BCUT2D eigenvalue weighted by Gasteiger charge is -2.18. The molecule has 27 heavy (non-hydrogen) atoms. The van der Waals surface area contributed by atoms with Gasteiger partial charge in [0.2, 0.25) is 0 Å². The molecule has 1 aromatic heterocycles. The number of hydrogen-bond acceptors (Lipinski definition) is 5. The molecule has 3 rings (SSSR count). The predicted molar refractivity (Wildman–Crippen MR) is 105 cm³/mol. The SMILES string of the molecule is C[C@H](Oc1cc(F)c(S(=O)(=O)Cc2nccs2)cc1Cl)c1ccccc1Cl. The van der Waals surface area contributed by atoms with Gasteiger partial charge in [-0.2, -0.15) is 0 Å². The average molecular weight is 446 g/mol. The third-order valence-electron chi connectivity index (χ3n) is 3.77. The molecule has 0 bridgehead atoms. The van der Waals surface area contributed by atoms with Gasteiger partial charge in [0, 0.05) is 28.2 Å². The zero-order chi connectivity index (χ0) is 19.6. The maximum atomic E-state index is 14.5. The van der Waals surface area contributed by atoms with Crippen LogP contribution in [0.5, 0.6) is 5.75 Å². The Morgan fingerprint density at radius 2 is 1.96 bits per heavy atom. The summed E-state index contributed by atoms with van der Waals surface area (Å²) >= 11 is 13.5. The van der Waals surface area contributed by atoms with Gasteiger partial charge in [-0.3, -0.25) is 0 Å². The van der Waals surface area contributed by atoms with Crippen molar-refractivity contribution < 1.29 is 17.5 Å². The van der Waals surface area contributed by atoms with E-state index >= 15 is 0 Å². The molecular weight excluding hydrogens is 432 g/mol. The van der Waals surface area contributed by atoms with Crippen molar-refractivity contribution in [2.45, 2.75) is 23.7 Å². The average Bonchev–Trinajstić information content (AvgIpc) is 3.10. The van der Waals surface area contributed by atoms with E-state index in [9.17, 15) is 12.8 Å². The molecule has 0 amide bonds. The molecule has 142 valence electrons. The van der Waals surface area contributed by atoms with Crippen molar-refractivity contribution in [2.24, 2.45) is 0 Å². The summed E-state index contributed by atoms with van der Waals surface area (Å²) in [4.78, 5) is 3.44. The van der Waals surface area contributed by atoms with E-state index in [0.717, 1.165) is 12.1 Å². The molecule has 1 heterocycles. The fourth-order valence-electron chi connectivity index (χ4n) is 2.46. The van der Waals surface area contributed by atoms with Crippen LogP contribution in [0.2, 0.25) is 10.0 Å². The van der Waals surface area contributed by atoms with Gasteiger partial charge in [0.15, 0.2) is 9.84 Å². The number of ether oxygens (including phenoxy) is 1. The molecule has 0 saturated heterocycles. The molecule has 0 fully saturated rings. The van der Waals surface area contributed by atoms with Gasteiger partial charge in [-0.1, -0.05) is 41.4 Å². The summed E-state index contributed by atoms with van der Waals surface area (Å²) < 4.78 is 45.2. The van der Waals surface area contributed by atoms with Crippen LogP contribution in [0.4, 0.5) is 4.39 Å². The number of halogens is 3. The lowest BCUT2D eigenvalue weighted by molar-refractivity contribution is 0.226. The summed E-state index contributed by atoms with van der Waals surface area (Å²) in [6.07, 6.45) is 0.986. The maximum absolute atomic E-state index is 14.5. The Bertz CT molecular complexity index is 1060. The largest absolute Gasteiger partial charge is 0.484 e. The van der Waals surface area contributed by atoms with Crippen LogP contribution in [0.15, 0.2) is 52.9 Å². The van der Waals surface area contributed by atoms with Gasteiger partial charge in [0.1, 0.15) is 33.3 Å². The first-order valence-electron chi connectivity index (χ1n) is 7.79. The van der Waals surface area contributed by atoms with E-state index in [0.29, 0.717) is 15.6 Å². The number of nitrogens with zero attached hydrogens (tertiary/aromatic N) is 1. The second-order valence-corrected chi connectivity index (χ2v) is 9.43. The van der Waals surface area contributed by atoms with Crippen molar-refractivity contribution in [3.05, 3.63) is 74.4 Å². The first-order chi connectivity index (χ1) is 12.8. The summed E-state index contributed by atoms with van der Waals surface area (Å²) in [5.41, 5.74) is 0.705. The van der Waals surface area contributed by atoms with Gasteiger partial charge in [0.25, 0.3) is 0 Å². The van der Waals surface area contributed by atoms with Crippen molar-refractivity contribution in [1.82, 2.24) is 4.98 Å². The number of aromatic nitrogens is 1. The van der Waals surface area contributed by atoms with Gasteiger partial charge in [-0.05, 0) is 19.1 Å². The number of sulfone groups is 1. The van der Waals surface area contributed by atoms with E-state index in [4.69, 9.17) is 27.9 Å². The molecule has 0 unspecified atom stereocenters. The van der Waals surface area contributed by atoms with Gasteiger partial charge >= 0.3 is 0 Å². The fourth-order valence-corrected chi connectivity index (χ4v) is 5.37. The monoisotopic (exact) mass is 445 g/mol. The highest BCUT2D eigenvalue weighted by Crippen LogP contribution is 2.35. The summed E-state index contributed by atoms with van der Waals surface area (Å²) in [7, 11) is -3.93. The molecule has 0 N–H and O–H groups in total. The molecule has 0 radical (unpaired) electrons. The molecule has 0 aliphatic heterocycles. The quantitative estimate of drug-likeness (QED) is 0.487. The molecule has 0 spiro atoms. The van der Waals surface area contributed by atoms with Crippen molar-refractivity contribution in [2.75, 3.05) is 0 Å². The van der Waals surface area contributed by atoms with Gasteiger partial charge in [0.05, 0.1) is 5.02 Å². The predicted octanol–water partition coefficient (Wildman–Crippen LogP) is 5.70. The standard InChI is InChI=1S/C18H14Cl2FNO3S2/c1-11(12-4-2-3-5-13(12)19)25-16-9-15(21)17(8-14(16)20)27(23,24)10-18-22-6-7-26-18/h2-9,11H,10H2,1H3/t11-/m0/s1. The second kappa shape index (κ2) is 8.14. The van der Waals surface area contributed by atoms with Crippen molar-refractivity contribution in [3.8, 4) is 5.75 Å². The van der Waals surface area contributed by atoms with Gasteiger partial charge < -0.3 is 4.74 Å². The van der Waals surface area contributed by atoms with Crippen LogP contribution in [-0.4, -0.2) is 13.4 Å². The second-order valence-electron chi connectivity index (χ2n) is 5.68. The highest BCUT2D eigenvalue weighted by atomic mass is 35.5. The lowest BCUT2D eigenvalue weighted by Crippen LogP contribution is -2.09. The minimum absolute atomic E-state index is 0.00647. The zero-order valence-corrected chi connectivity index (χ0v) is 17.2. The Morgan fingerprint density at radius 1 is 1.22 bits per heavy atom. The summed E-state index contributed by atoms with van der Waals surface area (Å²) in [6, 6.07) is 9.13. The number of hydrogen-bond donors (Lipinski definition) is 0. The third kappa shape index (κ3) is 4.60. The van der Waals surface area contributed by atoms with Gasteiger partial charge in [-0.15, -0.1) is 11.3 Å². The van der Waals surface area contributed by atoms with E-state index in [1.54, 1.807) is 36.6 Å². The van der Waals surface area contributed by atoms with E-state index in [-0.39, 0.29) is 10.8 Å². The van der Waals surface area contributed by atoms with Crippen LogP contribution in [-0.2, 0) is 15.6 Å². The number of benzene rings is 2. The van der Waals surface area contributed by atoms with E-state index in [2.05, 4.69) is 4.98 Å². The first-order valence-corrected chi connectivity index (χ1v) is 11.1. The van der Waals surface area contributed by atoms with E-state index < -0.39 is 32.4 Å². The maximum Gasteiger partial charge on any atom is 0.187 e. The van der Waals surface area contributed by atoms with Crippen LogP contribution in [0, 0.1) is 5.82 Å². The zero-order valence-electron chi connectivity index (χ0n) is 14.0. The number of rotatable bonds is 6.